The largest absolute Gasteiger partial charge is 0.497 e. The average molecular weight is 416 g/mol. The van der Waals surface area contributed by atoms with E-state index in [-0.39, 0.29) is 17.1 Å². The summed E-state index contributed by atoms with van der Waals surface area (Å²) in [6, 6.07) is 8.80. The number of nitrogens with zero attached hydrogens (tertiary/aromatic N) is 1. The fourth-order valence-electron chi connectivity index (χ4n) is 2.41. The molecule has 0 aliphatic heterocycles. The molecule has 158 valence electrons. The maximum absolute atomic E-state index is 12.1. The normalized spacial score (nSPS) is 10.4. The Labute approximate surface area is 172 Å². The third-order valence-corrected chi connectivity index (χ3v) is 3.85. The van der Waals surface area contributed by atoms with Gasteiger partial charge < -0.3 is 24.3 Å². The summed E-state index contributed by atoms with van der Waals surface area (Å²) in [6.07, 6.45) is 2.60. The molecule has 0 fully saturated rings. The zero-order chi connectivity index (χ0) is 22.1. The van der Waals surface area contributed by atoms with Crippen molar-refractivity contribution in [2.24, 2.45) is 0 Å². The van der Waals surface area contributed by atoms with Gasteiger partial charge in [-0.3, -0.25) is 14.9 Å². The van der Waals surface area contributed by atoms with Gasteiger partial charge in [0.1, 0.15) is 17.2 Å². The number of carbonyl (C=O) groups is 2. The number of carbonyl (C=O) groups excluding carboxylic acids is 2. The minimum absolute atomic E-state index is 0.0874. The van der Waals surface area contributed by atoms with Crippen molar-refractivity contribution in [3.8, 4) is 17.2 Å². The fourth-order valence-corrected chi connectivity index (χ4v) is 2.41. The van der Waals surface area contributed by atoms with Crippen molar-refractivity contribution in [1.82, 2.24) is 0 Å². The Bertz CT molecular complexity index is 971. The van der Waals surface area contributed by atoms with E-state index in [2.05, 4.69) is 5.32 Å². The number of esters is 1. The monoisotopic (exact) mass is 416 g/mol. The lowest BCUT2D eigenvalue weighted by molar-refractivity contribution is -0.384. The zero-order valence-corrected chi connectivity index (χ0v) is 16.5. The number of hydrogen-bond donors (Lipinski definition) is 1. The summed E-state index contributed by atoms with van der Waals surface area (Å²) in [7, 11) is 4.36. The second kappa shape index (κ2) is 10.5. The van der Waals surface area contributed by atoms with Crippen molar-refractivity contribution in [2.75, 3.05) is 33.3 Å². The number of hydrogen-bond acceptors (Lipinski definition) is 8. The van der Waals surface area contributed by atoms with Crippen LogP contribution in [0.3, 0.4) is 0 Å². The van der Waals surface area contributed by atoms with E-state index in [0.717, 1.165) is 12.1 Å². The first-order valence-electron chi connectivity index (χ1n) is 8.57. The van der Waals surface area contributed by atoms with Gasteiger partial charge in [0.15, 0.2) is 6.61 Å². The molecule has 0 aliphatic carbocycles. The van der Waals surface area contributed by atoms with E-state index in [1.807, 2.05) is 0 Å². The summed E-state index contributed by atoms with van der Waals surface area (Å²) in [4.78, 5) is 34.3. The number of nitro benzene ring substituents is 1. The molecule has 2 aromatic rings. The standard InChI is InChI=1S/C20H20N2O8/c1-27-15-6-8-17(28-2)13(10-15)4-9-20(24)30-12-19(23)21-16-11-14(22(25)26)5-7-18(16)29-3/h4-11H,12H2,1-3H3,(H,21,23)/b9-4+. The van der Waals surface area contributed by atoms with Gasteiger partial charge in [0.2, 0.25) is 0 Å². The lowest BCUT2D eigenvalue weighted by atomic mass is 10.1. The van der Waals surface area contributed by atoms with Crippen LogP contribution in [-0.2, 0) is 14.3 Å². The van der Waals surface area contributed by atoms with Gasteiger partial charge in [0, 0.05) is 23.8 Å². The maximum atomic E-state index is 12.1. The maximum Gasteiger partial charge on any atom is 0.331 e. The highest BCUT2D eigenvalue weighted by Crippen LogP contribution is 2.29. The first kappa shape index (κ1) is 22.2. The minimum Gasteiger partial charge on any atom is -0.497 e. The van der Waals surface area contributed by atoms with Crippen LogP contribution >= 0.6 is 0 Å². The molecule has 0 spiro atoms. The highest BCUT2D eigenvalue weighted by molar-refractivity contribution is 5.96. The van der Waals surface area contributed by atoms with E-state index in [9.17, 15) is 19.7 Å². The average Bonchev–Trinajstić information content (AvgIpc) is 2.75. The molecule has 2 rings (SSSR count). The Morgan fingerprint density at radius 3 is 2.37 bits per heavy atom. The molecule has 0 bridgehead atoms. The Balaban J connectivity index is 1.99. The highest BCUT2D eigenvalue weighted by atomic mass is 16.6. The predicted molar refractivity (Wildman–Crippen MR) is 108 cm³/mol. The van der Waals surface area contributed by atoms with E-state index < -0.39 is 23.4 Å². The molecule has 0 heterocycles. The van der Waals surface area contributed by atoms with Crippen molar-refractivity contribution in [1.29, 1.82) is 0 Å². The molecule has 30 heavy (non-hydrogen) atoms. The van der Waals surface area contributed by atoms with Crippen LogP contribution in [0.15, 0.2) is 42.5 Å². The molecule has 0 saturated carbocycles. The minimum atomic E-state index is -0.763. The van der Waals surface area contributed by atoms with Crippen LogP contribution in [0, 0.1) is 10.1 Å². The third kappa shape index (κ3) is 5.96. The topological polar surface area (TPSA) is 126 Å². The second-order valence-electron chi connectivity index (χ2n) is 5.74. The number of benzene rings is 2. The number of non-ortho nitro benzene ring substituents is 1. The summed E-state index contributed by atoms with van der Waals surface area (Å²) >= 11 is 0. The molecule has 1 N–H and O–H groups in total. The smallest absolute Gasteiger partial charge is 0.331 e. The van der Waals surface area contributed by atoms with Gasteiger partial charge in [0.25, 0.3) is 11.6 Å². The van der Waals surface area contributed by atoms with Crippen LogP contribution in [0.4, 0.5) is 11.4 Å². The highest BCUT2D eigenvalue weighted by Gasteiger charge is 2.14. The molecule has 0 aliphatic rings. The summed E-state index contributed by atoms with van der Waals surface area (Å²) in [5.41, 5.74) is 0.447. The fraction of sp³-hybridized carbons (Fsp3) is 0.200. The van der Waals surface area contributed by atoms with E-state index >= 15 is 0 Å². The van der Waals surface area contributed by atoms with Crippen LogP contribution in [0.2, 0.25) is 0 Å². The molecule has 2 aromatic carbocycles. The molecule has 10 nitrogen and oxygen atoms in total. The molecular formula is C20H20N2O8. The van der Waals surface area contributed by atoms with E-state index in [4.69, 9.17) is 18.9 Å². The van der Waals surface area contributed by atoms with Crippen molar-refractivity contribution >= 4 is 29.3 Å². The van der Waals surface area contributed by atoms with Crippen molar-refractivity contribution in [3.63, 3.8) is 0 Å². The summed E-state index contributed by atoms with van der Waals surface area (Å²) in [5.74, 6) is -0.120. The molecule has 10 heteroatoms. The Kier molecular flexibility index (Phi) is 7.74. The van der Waals surface area contributed by atoms with Crippen LogP contribution in [-0.4, -0.2) is 44.7 Å². The molecule has 0 aromatic heterocycles. The number of amides is 1. The molecule has 0 unspecified atom stereocenters. The van der Waals surface area contributed by atoms with Crippen LogP contribution in [0.5, 0.6) is 17.2 Å². The predicted octanol–water partition coefficient (Wildman–Crippen LogP) is 2.82. The lowest BCUT2D eigenvalue weighted by Crippen LogP contribution is -2.20. The van der Waals surface area contributed by atoms with Crippen LogP contribution < -0.4 is 19.5 Å². The summed E-state index contributed by atoms with van der Waals surface area (Å²) in [5, 5.41) is 13.3. The Morgan fingerprint density at radius 1 is 1.03 bits per heavy atom. The van der Waals surface area contributed by atoms with Crippen LogP contribution in [0.1, 0.15) is 5.56 Å². The number of anilines is 1. The first-order valence-corrected chi connectivity index (χ1v) is 8.57. The van der Waals surface area contributed by atoms with Gasteiger partial charge >= 0.3 is 5.97 Å². The Morgan fingerprint density at radius 2 is 1.73 bits per heavy atom. The first-order chi connectivity index (χ1) is 14.4. The van der Waals surface area contributed by atoms with Gasteiger partial charge in [0.05, 0.1) is 31.9 Å². The number of rotatable bonds is 9. The van der Waals surface area contributed by atoms with Gasteiger partial charge in [-0.15, -0.1) is 0 Å². The quantitative estimate of drug-likeness (QED) is 0.286. The second-order valence-corrected chi connectivity index (χ2v) is 5.74. The van der Waals surface area contributed by atoms with Gasteiger partial charge in [-0.25, -0.2) is 4.79 Å². The zero-order valence-electron chi connectivity index (χ0n) is 16.5. The van der Waals surface area contributed by atoms with Crippen molar-refractivity contribution in [2.45, 2.75) is 0 Å². The molecule has 1 amide bonds. The van der Waals surface area contributed by atoms with Crippen molar-refractivity contribution in [3.05, 3.63) is 58.2 Å². The van der Waals surface area contributed by atoms with Crippen molar-refractivity contribution < 1.29 is 33.5 Å². The summed E-state index contributed by atoms with van der Waals surface area (Å²) in [6.45, 7) is -0.593. The molecule has 0 atom stereocenters. The third-order valence-electron chi connectivity index (χ3n) is 3.85. The molecular weight excluding hydrogens is 396 g/mol. The van der Waals surface area contributed by atoms with Gasteiger partial charge in [-0.2, -0.15) is 0 Å². The van der Waals surface area contributed by atoms with E-state index in [1.54, 1.807) is 18.2 Å². The number of methoxy groups -OCH3 is 3. The number of nitro groups is 1. The number of nitrogens with one attached hydrogen (secondary N) is 1. The summed E-state index contributed by atoms with van der Waals surface area (Å²) < 4.78 is 20.3. The Hall–Kier alpha value is -4.08. The number of ether oxygens (including phenoxy) is 4. The van der Waals surface area contributed by atoms with Gasteiger partial charge in [-0.1, -0.05) is 0 Å². The van der Waals surface area contributed by atoms with Gasteiger partial charge in [-0.05, 0) is 30.3 Å². The van der Waals surface area contributed by atoms with E-state index in [0.29, 0.717) is 17.1 Å². The van der Waals surface area contributed by atoms with Crippen LogP contribution in [0.25, 0.3) is 6.08 Å². The SMILES string of the molecule is COc1ccc(OC)c(/C=C/C(=O)OCC(=O)Nc2cc([N+](=O)[O-])ccc2OC)c1. The molecule has 0 radical (unpaired) electrons. The van der Waals surface area contributed by atoms with E-state index in [1.165, 1.54) is 39.5 Å². The lowest BCUT2D eigenvalue weighted by Gasteiger charge is -2.10. The molecule has 0 saturated heterocycles.